The summed E-state index contributed by atoms with van der Waals surface area (Å²) in [6.07, 6.45) is 6.31. The van der Waals surface area contributed by atoms with Crippen LogP contribution >= 0.6 is 0 Å². The van der Waals surface area contributed by atoms with Gasteiger partial charge in [0.2, 0.25) is 0 Å². The van der Waals surface area contributed by atoms with E-state index in [1.54, 1.807) is 25.7 Å². The maximum Gasteiger partial charge on any atom is -0.0349 e. The number of hydrogen-bond donors (Lipinski definition) is 0. The van der Waals surface area contributed by atoms with Crippen LogP contribution in [0.1, 0.15) is 46.5 Å². The molecule has 14 heavy (non-hydrogen) atoms. The van der Waals surface area contributed by atoms with Crippen LogP contribution in [0.25, 0.3) is 0 Å². The van der Waals surface area contributed by atoms with Crippen molar-refractivity contribution in [3.63, 3.8) is 0 Å². The first-order chi connectivity index (χ1) is 6.66. The van der Waals surface area contributed by atoms with Gasteiger partial charge >= 0.3 is 0 Å². The summed E-state index contributed by atoms with van der Waals surface area (Å²) < 4.78 is 0. The first kappa shape index (κ1) is 9.24. The van der Waals surface area contributed by atoms with E-state index in [4.69, 9.17) is 0 Å². The normalized spacial score (nSPS) is 55.7. The lowest BCUT2D eigenvalue weighted by molar-refractivity contribution is 0.151. The van der Waals surface area contributed by atoms with Crippen molar-refractivity contribution in [3.05, 3.63) is 0 Å². The first-order valence-electron chi connectivity index (χ1n) is 6.66. The van der Waals surface area contributed by atoms with Gasteiger partial charge in [0.05, 0.1) is 0 Å². The van der Waals surface area contributed by atoms with Gasteiger partial charge in [0, 0.05) is 0 Å². The molecule has 0 radical (unpaired) electrons. The fourth-order valence-electron chi connectivity index (χ4n) is 5.16. The monoisotopic (exact) mass is 192 g/mol. The lowest BCUT2D eigenvalue weighted by Crippen LogP contribution is -2.27. The van der Waals surface area contributed by atoms with Gasteiger partial charge in [0.1, 0.15) is 0 Å². The molecule has 0 aliphatic heterocycles. The Morgan fingerprint density at radius 2 is 1.57 bits per heavy atom. The fraction of sp³-hybridized carbons (Fsp3) is 1.00. The van der Waals surface area contributed by atoms with E-state index in [2.05, 4.69) is 20.8 Å². The van der Waals surface area contributed by atoms with Gasteiger partial charge in [-0.2, -0.15) is 0 Å². The SMILES string of the molecule is CC1CC2C3CC(C(C)C)C(C3)C2C1. The Hall–Kier alpha value is 0. The minimum atomic E-state index is 0.946. The molecule has 0 saturated heterocycles. The van der Waals surface area contributed by atoms with Crippen LogP contribution in [0.5, 0.6) is 0 Å². The molecule has 0 nitrogen and oxygen atoms in total. The Labute approximate surface area is 88.5 Å². The van der Waals surface area contributed by atoms with Crippen molar-refractivity contribution >= 4 is 0 Å². The highest BCUT2D eigenvalue weighted by Crippen LogP contribution is 2.63. The summed E-state index contributed by atoms with van der Waals surface area (Å²) in [5.74, 6) is 7.66. The largest absolute Gasteiger partial charge is 0.0625 e. The van der Waals surface area contributed by atoms with E-state index < -0.39 is 0 Å². The molecule has 3 saturated carbocycles. The van der Waals surface area contributed by atoms with Gasteiger partial charge in [-0.25, -0.2) is 0 Å². The second-order valence-corrected chi connectivity index (χ2v) is 6.71. The van der Waals surface area contributed by atoms with Gasteiger partial charge < -0.3 is 0 Å². The number of fused-ring (bicyclic) bond motifs is 5. The predicted octanol–water partition coefficient (Wildman–Crippen LogP) is 3.96. The molecule has 80 valence electrons. The van der Waals surface area contributed by atoms with Gasteiger partial charge in [-0.15, -0.1) is 0 Å². The second kappa shape index (κ2) is 3.00. The van der Waals surface area contributed by atoms with Crippen molar-refractivity contribution in [3.8, 4) is 0 Å². The minimum Gasteiger partial charge on any atom is -0.0625 e. The molecule has 6 unspecified atom stereocenters. The zero-order valence-corrected chi connectivity index (χ0v) is 9.87. The van der Waals surface area contributed by atoms with E-state index in [9.17, 15) is 0 Å². The van der Waals surface area contributed by atoms with Crippen molar-refractivity contribution in [1.82, 2.24) is 0 Å². The highest BCUT2D eigenvalue weighted by atomic mass is 14.6. The molecular weight excluding hydrogens is 168 g/mol. The van der Waals surface area contributed by atoms with Crippen molar-refractivity contribution in [2.75, 3.05) is 0 Å². The Bertz CT molecular complexity index is 230. The average Bonchev–Trinajstić information content (AvgIpc) is 2.70. The molecule has 3 aliphatic carbocycles. The van der Waals surface area contributed by atoms with E-state index in [1.807, 2.05) is 0 Å². The standard InChI is InChI=1S/C14H24/c1-8(2)11-6-10-7-14(11)13-5-9(3)4-12(10)13/h8-14H,4-7H2,1-3H3. The highest BCUT2D eigenvalue weighted by molar-refractivity contribution is 5.04. The maximum absolute atomic E-state index is 2.47. The molecule has 0 aromatic heterocycles. The van der Waals surface area contributed by atoms with Crippen LogP contribution in [-0.4, -0.2) is 0 Å². The summed E-state index contributed by atoms with van der Waals surface area (Å²) in [5, 5.41) is 0. The summed E-state index contributed by atoms with van der Waals surface area (Å²) in [7, 11) is 0. The third-order valence-electron chi connectivity index (χ3n) is 5.61. The molecule has 2 bridgehead atoms. The van der Waals surface area contributed by atoms with Crippen LogP contribution in [0.3, 0.4) is 0 Å². The lowest BCUT2D eigenvalue weighted by atomic mass is 9.72. The fourth-order valence-corrected chi connectivity index (χ4v) is 5.16. The predicted molar refractivity (Wildman–Crippen MR) is 59.9 cm³/mol. The van der Waals surface area contributed by atoms with Gasteiger partial charge in [-0.1, -0.05) is 20.8 Å². The summed E-state index contributed by atoms with van der Waals surface area (Å²) in [6, 6.07) is 0. The van der Waals surface area contributed by atoms with E-state index in [1.165, 1.54) is 0 Å². The summed E-state index contributed by atoms with van der Waals surface area (Å²) in [4.78, 5) is 0. The summed E-state index contributed by atoms with van der Waals surface area (Å²) in [6.45, 7) is 7.36. The number of rotatable bonds is 1. The molecule has 0 heterocycles. The Kier molecular flexibility index (Phi) is 1.98. The van der Waals surface area contributed by atoms with Gasteiger partial charge in [0.15, 0.2) is 0 Å². The maximum atomic E-state index is 2.47. The zero-order chi connectivity index (χ0) is 9.87. The van der Waals surface area contributed by atoms with Gasteiger partial charge in [0.25, 0.3) is 0 Å². The smallest absolute Gasteiger partial charge is 0.0349 e. The van der Waals surface area contributed by atoms with Crippen LogP contribution in [0.15, 0.2) is 0 Å². The molecule has 0 aromatic carbocycles. The molecule has 6 atom stereocenters. The van der Waals surface area contributed by atoms with Crippen molar-refractivity contribution in [2.24, 2.45) is 41.4 Å². The zero-order valence-electron chi connectivity index (χ0n) is 9.87. The minimum absolute atomic E-state index is 0.946. The van der Waals surface area contributed by atoms with Crippen LogP contribution < -0.4 is 0 Å². The molecule has 0 N–H and O–H groups in total. The third kappa shape index (κ3) is 1.12. The summed E-state index contributed by atoms with van der Waals surface area (Å²) in [5.41, 5.74) is 0. The first-order valence-corrected chi connectivity index (χ1v) is 6.66. The van der Waals surface area contributed by atoms with Crippen molar-refractivity contribution < 1.29 is 0 Å². The quantitative estimate of drug-likeness (QED) is 0.590. The molecule has 0 heteroatoms. The summed E-state index contributed by atoms with van der Waals surface area (Å²) >= 11 is 0. The van der Waals surface area contributed by atoms with Crippen LogP contribution in [0.4, 0.5) is 0 Å². The number of hydrogen-bond acceptors (Lipinski definition) is 0. The third-order valence-corrected chi connectivity index (χ3v) is 5.61. The average molecular weight is 192 g/mol. The van der Waals surface area contributed by atoms with Crippen LogP contribution in [0, 0.1) is 41.4 Å². The lowest BCUT2D eigenvalue weighted by Gasteiger charge is -2.33. The van der Waals surface area contributed by atoms with Crippen molar-refractivity contribution in [1.29, 1.82) is 0 Å². The Morgan fingerprint density at radius 1 is 0.857 bits per heavy atom. The molecular formula is C14H24. The van der Waals surface area contributed by atoms with Gasteiger partial charge in [-0.05, 0) is 67.1 Å². The molecule has 0 spiro atoms. The van der Waals surface area contributed by atoms with Gasteiger partial charge in [-0.3, -0.25) is 0 Å². The van der Waals surface area contributed by atoms with Crippen LogP contribution in [0.2, 0.25) is 0 Å². The Morgan fingerprint density at radius 3 is 2.29 bits per heavy atom. The van der Waals surface area contributed by atoms with E-state index in [0.717, 1.165) is 41.4 Å². The molecule has 0 amide bonds. The molecule has 3 aliphatic rings. The molecule has 3 rings (SSSR count). The van der Waals surface area contributed by atoms with Crippen molar-refractivity contribution in [2.45, 2.75) is 46.5 Å². The van der Waals surface area contributed by atoms with E-state index in [0.29, 0.717) is 0 Å². The van der Waals surface area contributed by atoms with Crippen LogP contribution in [-0.2, 0) is 0 Å². The molecule has 3 fully saturated rings. The second-order valence-electron chi connectivity index (χ2n) is 6.71. The Balaban J connectivity index is 1.80. The van der Waals surface area contributed by atoms with E-state index >= 15 is 0 Å². The van der Waals surface area contributed by atoms with E-state index in [-0.39, 0.29) is 0 Å². The molecule has 0 aromatic rings. The topological polar surface area (TPSA) is 0 Å². The highest BCUT2D eigenvalue weighted by Gasteiger charge is 2.55.